The second-order valence-electron chi connectivity index (χ2n) is 4.92. The quantitative estimate of drug-likeness (QED) is 0.863. The molecule has 5 nitrogen and oxygen atoms in total. The normalized spacial score (nSPS) is 29.5. The lowest BCUT2D eigenvalue weighted by molar-refractivity contribution is 0.00809. The molecule has 1 aliphatic heterocycles. The number of fused-ring (bicyclic) bond motifs is 1. The third-order valence-electron chi connectivity index (χ3n) is 3.86. The fourth-order valence-corrected chi connectivity index (χ4v) is 2.67. The maximum absolute atomic E-state index is 12.0. The zero-order valence-electron chi connectivity index (χ0n) is 10.4. The van der Waals surface area contributed by atoms with Crippen LogP contribution >= 0.6 is 0 Å². The molecular formula is C13H17N3O2. The Hall–Kier alpha value is -1.49. The van der Waals surface area contributed by atoms with E-state index in [1.54, 1.807) is 12.4 Å². The Kier molecular flexibility index (Phi) is 2.99. The van der Waals surface area contributed by atoms with Crippen molar-refractivity contribution in [3.63, 3.8) is 0 Å². The molecule has 1 saturated heterocycles. The lowest BCUT2D eigenvalue weighted by Gasteiger charge is -2.39. The maximum Gasteiger partial charge on any atom is 0.254 e. The van der Waals surface area contributed by atoms with E-state index >= 15 is 0 Å². The molecule has 3 rings (SSSR count). The highest BCUT2D eigenvalue weighted by atomic mass is 16.5. The minimum absolute atomic E-state index is 0.0759. The Morgan fingerprint density at radius 2 is 2.28 bits per heavy atom. The number of aromatic nitrogens is 2. The number of rotatable bonds is 3. The number of hydrogen-bond donors (Lipinski definition) is 1. The Morgan fingerprint density at radius 1 is 1.50 bits per heavy atom. The Morgan fingerprint density at radius 3 is 2.94 bits per heavy atom. The van der Waals surface area contributed by atoms with Crippen LogP contribution < -0.4 is 5.32 Å². The second kappa shape index (κ2) is 4.65. The van der Waals surface area contributed by atoms with E-state index in [9.17, 15) is 4.79 Å². The van der Waals surface area contributed by atoms with Gasteiger partial charge in [0.25, 0.3) is 5.91 Å². The lowest BCUT2D eigenvalue weighted by Crippen LogP contribution is -2.53. The fourth-order valence-electron chi connectivity index (χ4n) is 2.67. The van der Waals surface area contributed by atoms with Gasteiger partial charge in [-0.15, -0.1) is 0 Å². The third-order valence-corrected chi connectivity index (χ3v) is 3.86. The minimum Gasteiger partial charge on any atom is -0.378 e. The molecule has 1 aromatic rings. The molecule has 0 unspecified atom stereocenters. The first-order valence-corrected chi connectivity index (χ1v) is 6.51. The van der Waals surface area contributed by atoms with Gasteiger partial charge in [-0.25, -0.2) is 9.97 Å². The predicted molar refractivity (Wildman–Crippen MR) is 65.1 cm³/mol. The number of hydrogen-bond acceptors (Lipinski definition) is 4. The van der Waals surface area contributed by atoms with Crippen LogP contribution in [0.2, 0.25) is 0 Å². The summed E-state index contributed by atoms with van der Waals surface area (Å²) in [6, 6.07) is 0.260. The Balaban J connectivity index is 1.60. The van der Waals surface area contributed by atoms with E-state index in [2.05, 4.69) is 15.3 Å². The van der Waals surface area contributed by atoms with Crippen molar-refractivity contribution in [1.82, 2.24) is 15.3 Å². The van der Waals surface area contributed by atoms with Gasteiger partial charge in [0.2, 0.25) is 0 Å². The zero-order chi connectivity index (χ0) is 12.5. The highest BCUT2D eigenvalue weighted by Crippen LogP contribution is 2.38. The second-order valence-corrected chi connectivity index (χ2v) is 4.92. The van der Waals surface area contributed by atoms with Crippen molar-refractivity contribution in [2.75, 3.05) is 6.61 Å². The smallest absolute Gasteiger partial charge is 0.254 e. The van der Waals surface area contributed by atoms with Gasteiger partial charge in [-0.2, -0.15) is 0 Å². The largest absolute Gasteiger partial charge is 0.378 e. The van der Waals surface area contributed by atoms with Crippen molar-refractivity contribution < 1.29 is 9.53 Å². The van der Waals surface area contributed by atoms with E-state index in [0.717, 1.165) is 31.7 Å². The first-order chi connectivity index (χ1) is 8.78. The molecule has 2 aliphatic rings. The van der Waals surface area contributed by atoms with Crippen molar-refractivity contribution in [2.45, 2.75) is 38.3 Å². The lowest BCUT2D eigenvalue weighted by atomic mass is 9.76. The van der Waals surface area contributed by atoms with E-state index < -0.39 is 0 Å². The molecule has 1 aliphatic carbocycles. The van der Waals surface area contributed by atoms with Gasteiger partial charge in [0.1, 0.15) is 5.82 Å². The van der Waals surface area contributed by atoms with Crippen molar-refractivity contribution in [2.24, 2.45) is 5.92 Å². The topological polar surface area (TPSA) is 64.1 Å². The van der Waals surface area contributed by atoms with Gasteiger partial charge >= 0.3 is 0 Å². The van der Waals surface area contributed by atoms with Gasteiger partial charge in [0, 0.05) is 37.4 Å². The van der Waals surface area contributed by atoms with E-state index in [4.69, 9.17) is 4.74 Å². The molecule has 1 amide bonds. The zero-order valence-corrected chi connectivity index (χ0v) is 10.4. The van der Waals surface area contributed by atoms with Gasteiger partial charge < -0.3 is 10.1 Å². The Labute approximate surface area is 106 Å². The van der Waals surface area contributed by atoms with Crippen molar-refractivity contribution >= 4 is 5.91 Å². The molecular weight excluding hydrogens is 230 g/mol. The average Bonchev–Trinajstić information content (AvgIpc) is 2.77. The summed E-state index contributed by atoms with van der Waals surface area (Å²) in [6.07, 6.45) is 6.34. The highest BCUT2D eigenvalue weighted by Gasteiger charge is 2.45. The number of amides is 1. The van der Waals surface area contributed by atoms with Gasteiger partial charge in [-0.1, -0.05) is 6.92 Å². The van der Waals surface area contributed by atoms with E-state index in [1.165, 1.54) is 0 Å². The van der Waals surface area contributed by atoms with Gasteiger partial charge in [-0.05, 0) is 12.8 Å². The molecule has 0 aromatic carbocycles. The van der Waals surface area contributed by atoms with Crippen LogP contribution in [0.3, 0.4) is 0 Å². The first kappa shape index (κ1) is 11.6. The third kappa shape index (κ3) is 1.99. The SMILES string of the molecule is CCc1ncc(C(=O)N[C@@H]2C[C@H]3OCC[C@@H]23)cn1. The minimum atomic E-state index is -0.0759. The van der Waals surface area contributed by atoms with Crippen LogP contribution in [-0.4, -0.2) is 34.6 Å². The van der Waals surface area contributed by atoms with Crippen LogP contribution in [0.1, 0.15) is 35.9 Å². The molecule has 0 bridgehead atoms. The van der Waals surface area contributed by atoms with Crippen molar-refractivity contribution in [1.29, 1.82) is 0 Å². The molecule has 3 atom stereocenters. The molecule has 1 N–H and O–H groups in total. The molecule has 18 heavy (non-hydrogen) atoms. The molecule has 0 spiro atoms. The van der Waals surface area contributed by atoms with Crippen LogP contribution in [0.15, 0.2) is 12.4 Å². The number of aryl methyl sites for hydroxylation is 1. The number of carbonyl (C=O) groups is 1. The summed E-state index contributed by atoms with van der Waals surface area (Å²) in [5, 5.41) is 3.04. The molecule has 0 radical (unpaired) electrons. The molecule has 2 heterocycles. The van der Waals surface area contributed by atoms with Gasteiger partial charge in [0.05, 0.1) is 11.7 Å². The van der Waals surface area contributed by atoms with E-state index in [1.807, 2.05) is 6.92 Å². The van der Waals surface area contributed by atoms with Crippen LogP contribution in [0.25, 0.3) is 0 Å². The van der Waals surface area contributed by atoms with Gasteiger partial charge in [0.15, 0.2) is 0 Å². The molecule has 1 saturated carbocycles. The fraction of sp³-hybridized carbons (Fsp3) is 0.615. The van der Waals surface area contributed by atoms with Crippen molar-refractivity contribution in [3.05, 3.63) is 23.8 Å². The summed E-state index contributed by atoms with van der Waals surface area (Å²) in [7, 11) is 0. The van der Waals surface area contributed by atoms with Crippen LogP contribution in [0.5, 0.6) is 0 Å². The molecule has 2 fully saturated rings. The number of ether oxygens (including phenoxy) is 1. The summed E-state index contributed by atoms with van der Waals surface area (Å²) in [6.45, 7) is 2.82. The summed E-state index contributed by atoms with van der Waals surface area (Å²) in [5.74, 6) is 1.19. The first-order valence-electron chi connectivity index (χ1n) is 6.51. The summed E-state index contributed by atoms with van der Waals surface area (Å²) < 4.78 is 5.52. The molecule has 1 aromatic heterocycles. The standard InChI is InChI=1S/C13H17N3O2/c1-2-12-14-6-8(7-15-12)13(17)16-10-5-11-9(10)3-4-18-11/h6-7,9-11H,2-5H2,1H3,(H,16,17)/t9-,10+,11+/m0/s1. The average molecular weight is 247 g/mol. The Bertz CT molecular complexity index is 446. The number of carbonyl (C=O) groups excluding carboxylic acids is 1. The van der Waals surface area contributed by atoms with Gasteiger partial charge in [-0.3, -0.25) is 4.79 Å². The number of nitrogens with one attached hydrogen (secondary N) is 1. The van der Waals surface area contributed by atoms with Crippen LogP contribution in [0, 0.1) is 5.92 Å². The molecule has 5 heteroatoms. The number of nitrogens with zero attached hydrogens (tertiary/aromatic N) is 2. The predicted octanol–water partition coefficient (Wildman–Crippen LogP) is 0.946. The summed E-state index contributed by atoms with van der Waals surface area (Å²) >= 11 is 0. The van der Waals surface area contributed by atoms with Crippen LogP contribution in [-0.2, 0) is 11.2 Å². The van der Waals surface area contributed by atoms with Crippen molar-refractivity contribution in [3.8, 4) is 0 Å². The maximum atomic E-state index is 12.0. The van der Waals surface area contributed by atoms with Crippen LogP contribution in [0.4, 0.5) is 0 Å². The summed E-state index contributed by atoms with van der Waals surface area (Å²) in [5.41, 5.74) is 0.537. The summed E-state index contributed by atoms with van der Waals surface area (Å²) in [4.78, 5) is 20.3. The monoisotopic (exact) mass is 247 g/mol. The van der Waals surface area contributed by atoms with E-state index in [0.29, 0.717) is 17.6 Å². The van der Waals surface area contributed by atoms with E-state index in [-0.39, 0.29) is 11.9 Å². The highest BCUT2D eigenvalue weighted by molar-refractivity contribution is 5.93. The molecule has 96 valence electrons.